The molecule has 3 nitrogen and oxygen atoms in total. The van der Waals surface area contributed by atoms with Gasteiger partial charge in [-0.05, 0) is 201 Å². The third kappa shape index (κ3) is 33.4. The van der Waals surface area contributed by atoms with Gasteiger partial charge in [0.1, 0.15) is 17.2 Å². The second kappa shape index (κ2) is 52.4. The van der Waals surface area contributed by atoms with E-state index in [1.807, 2.05) is 0 Å². The first-order valence-corrected chi connectivity index (χ1v) is 41.1. The van der Waals surface area contributed by atoms with Gasteiger partial charge in [0.25, 0.3) is 0 Å². The monoisotopic (exact) mass is 1280 g/mol. The van der Waals surface area contributed by atoms with Crippen LogP contribution in [0.3, 0.4) is 0 Å². The van der Waals surface area contributed by atoms with E-state index in [-0.39, 0.29) is 0 Å². The second-order valence-electron chi connectivity index (χ2n) is 30.0. The van der Waals surface area contributed by atoms with Crippen molar-refractivity contribution in [2.45, 2.75) is 428 Å². The van der Waals surface area contributed by atoms with Crippen molar-refractivity contribution in [3.8, 4) is 17.2 Å². The Labute approximate surface area is 577 Å². The van der Waals surface area contributed by atoms with E-state index in [4.69, 9.17) is 0 Å². The van der Waals surface area contributed by atoms with E-state index in [9.17, 15) is 15.3 Å². The fourth-order valence-corrected chi connectivity index (χ4v) is 15.4. The molecule has 0 aliphatic rings. The number of hydrogen-bond acceptors (Lipinski definition) is 3. The van der Waals surface area contributed by atoms with E-state index in [1.165, 1.54) is 320 Å². The van der Waals surface area contributed by atoms with Crippen LogP contribution in [0.25, 0.3) is 0 Å². The molecule has 3 N–H and O–H groups in total. The van der Waals surface area contributed by atoms with Gasteiger partial charge in [-0.1, -0.05) is 348 Å². The maximum absolute atomic E-state index is 12.2. The molecule has 93 heavy (non-hydrogen) atoms. The summed E-state index contributed by atoms with van der Waals surface area (Å²) >= 11 is 0. The lowest BCUT2D eigenvalue weighted by molar-refractivity contribution is 0.456. The number of phenols is 3. The predicted octanol–water partition coefficient (Wildman–Crippen LogP) is 28.6. The van der Waals surface area contributed by atoms with E-state index in [2.05, 4.69) is 98.7 Å². The third-order valence-corrected chi connectivity index (χ3v) is 21.6. The van der Waals surface area contributed by atoms with Crippen molar-refractivity contribution in [1.29, 1.82) is 0 Å². The molecule has 0 unspecified atom stereocenters. The summed E-state index contributed by atoms with van der Waals surface area (Å²) in [6.07, 6.45) is 70.0. The maximum atomic E-state index is 12.2. The molecule has 0 spiro atoms. The zero-order valence-electron chi connectivity index (χ0n) is 63.1. The zero-order valence-corrected chi connectivity index (χ0v) is 63.1. The molecule has 0 amide bonds. The Morgan fingerprint density at radius 1 is 0.194 bits per heavy atom. The number of rotatable bonds is 60. The molecular formula is C90H150O3. The average Bonchev–Trinajstić information content (AvgIpc) is 0.790. The highest BCUT2D eigenvalue weighted by molar-refractivity contribution is 5.57. The Hall–Kier alpha value is -3.72. The lowest BCUT2D eigenvalue weighted by Gasteiger charge is -2.25. The number of hydrogen-bond donors (Lipinski definition) is 3. The lowest BCUT2D eigenvalue weighted by Crippen LogP contribution is -2.11. The van der Waals surface area contributed by atoms with Crippen LogP contribution in [0.4, 0.5) is 0 Å². The molecule has 4 aromatic carbocycles. The molecule has 0 atom stereocenters. The van der Waals surface area contributed by atoms with Crippen molar-refractivity contribution in [3.05, 3.63) is 120 Å². The van der Waals surface area contributed by atoms with Crippen LogP contribution in [-0.2, 0) is 57.8 Å². The van der Waals surface area contributed by atoms with Crippen molar-refractivity contribution in [2.75, 3.05) is 0 Å². The summed E-state index contributed by atoms with van der Waals surface area (Å²) < 4.78 is 0. The first-order chi connectivity index (χ1) is 45.5. The molecule has 4 aromatic rings. The van der Waals surface area contributed by atoms with Crippen LogP contribution in [0.1, 0.15) is 433 Å². The Morgan fingerprint density at radius 3 is 0.462 bits per heavy atom. The number of aromatic hydroxyl groups is 3. The molecule has 4 rings (SSSR count). The molecule has 0 fully saturated rings. The molecule has 0 saturated carbocycles. The van der Waals surface area contributed by atoms with Crippen molar-refractivity contribution < 1.29 is 15.3 Å². The standard InChI is InChI=1S/C90H150O3/c1-10-16-22-28-34-40-46-52-58-79-64-76(65-80(88(79)91)59-53-47-41-35-29-23-17-11-2)70-85-73(7)86(71-77-66-81(60-54-48-42-36-30-24-18-12-3)89(92)82(67-77)61-55-49-43-37-31-25-19-13-4)75(9)87(74(85)8)72-78-68-83(62-56-50-44-38-32-26-20-14-5)90(93)84(69-78)63-57-51-45-39-33-27-21-15-6/h64-69,91-93H,10-63,70-72H2,1-9H3. The van der Waals surface area contributed by atoms with Crippen molar-refractivity contribution in [3.63, 3.8) is 0 Å². The molecule has 0 aliphatic heterocycles. The molecule has 0 aliphatic carbocycles. The summed E-state index contributed by atoms with van der Waals surface area (Å²) in [5.74, 6) is 1.71. The molecular weight excluding hydrogens is 1130 g/mol. The van der Waals surface area contributed by atoms with Gasteiger partial charge in [-0.15, -0.1) is 0 Å². The summed E-state index contributed by atoms with van der Waals surface area (Å²) in [4.78, 5) is 0. The number of aryl methyl sites for hydroxylation is 6. The molecule has 0 radical (unpaired) electrons. The number of benzene rings is 4. The normalized spacial score (nSPS) is 11.7. The van der Waals surface area contributed by atoms with Gasteiger partial charge in [-0.2, -0.15) is 0 Å². The van der Waals surface area contributed by atoms with E-state index in [0.29, 0.717) is 17.2 Å². The van der Waals surface area contributed by atoms with Crippen LogP contribution in [0.2, 0.25) is 0 Å². The first kappa shape index (κ1) is 81.7. The minimum absolute atomic E-state index is 0.569. The van der Waals surface area contributed by atoms with Gasteiger partial charge in [0, 0.05) is 0 Å². The van der Waals surface area contributed by atoms with Gasteiger partial charge in [0.05, 0.1) is 0 Å². The predicted molar refractivity (Wildman–Crippen MR) is 411 cm³/mol. The molecule has 0 bridgehead atoms. The molecule has 0 saturated heterocycles. The quantitative estimate of drug-likeness (QED) is 0.0386. The van der Waals surface area contributed by atoms with Crippen molar-refractivity contribution >= 4 is 0 Å². The summed E-state index contributed by atoms with van der Waals surface area (Å²) in [6.45, 7) is 21.1. The smallest absolute Gasteiger partial charge is 0.121 e. The SMILES string of the molecule is CCCCCCCCCCc1cc(Cc2c(C)c(Cc3cc(CCCCCCCCCC)c(O)c(CCCCCCCCCC)c3)c(C)c(Cc3cc(CCCCCCCCCC)c(O)c(CCCCCCCCCC)c3)c2C)cc(CCCCCCCCCC)c1O. The van der Waals surface area contributed by atoms with Gasteiger partial charge < -0.3 is 15.3 Å². The second-order valence-corrected chi connectivity index (χ2v) is 30.0. The Balaban J connectivity index is 1.85. The maximum Gasteiger partial charge on any atom is 0.121 e. The highest BCUT2D eigenvalue weighted by atomic mass is 16.3. The topological polar surface area (TPSA) is 60.7 Å². The van der Waals surface area contributed by atoms with E-state index >= 15 is 0 Å². The lowest BCUT2D eigenvalue weighted by atomic mass is 9.80. The minimum atomic E-state index is 0.569. The van der Waals surface area contributed by atoms with Crippen LogP contribution in [0.15, 0.2) is 36.4 Å². The number of unbranched alkanes of at least 4 members (excludes halogenated alkanes) is 42. The van der Waals surface area contributed by atoms with Crippen LogP contribution >= 0.6 is 0 Å². The van der Waals surface area contributed by atoms with E-state index < -0.39 is 0 Å². The Bertz CT molecular complexity index is 2110. The fraction of sp³-hybridized carbons (Fsp3) is 0.733. The summed E-state index contributed by atoms with van der Waals surface area (Å²) in [6, 6.07) is 14.5. The molecule has 3 heteroatoms. The zero-order chi connectivity index (χ0) is 66.9. The van der Waals surface area contributed by atoms with Crippen LogP contribution in [-0.4, -0.2) is 15.3 Å². The largest absolute Gasteiger partial charge is 0.507 e. The van der Waals surface area contributed by atoms with Crippen molar-refractivity contribution in [2.24, 2.45) is 0 Å². The average molecular weight is 1280 g/mol. The fourth-order valence-electron chi connectivity index (χ4n) is 15.4. The molecule has 0 heterocycles. The first-order valence-electron chi connectivity index (χ1n) is 41.1. The third-order valence-electron chi connectivity index (χ3n) is 21.6. The summed E-state index contributed by atoms with van der Waals surface area (Å²) in [5, 5.41) is 36.6. The minimum Gasteiger partial charge on any atom is -0.507 e. The summed E-state index contributed by atoms with van der Waals surface area (Å²) in [7, 11) is 0. The highest BCUT2D eigenvalue weighted by Crippen LogP contribution is 2.38. The van der Waals surface area contributed by atoms with Crippen LogP contribution < -0.4 is 0 Å². The van der Waals surface area contributed by atoms with Gasteiger partial charge in [-0.25, -0.2) is 0 Å². The highest BCUT2D eigenvalue weighted by Gasteiger charge is 2.23. The van der Waals surface area contributed by atoms with Gasteiger partial charge >= 0.3 is 0 Å². The summed E-state index contributed by atoms with van der Waals surface area (Å²) in [5.41, 5.74) is 19.6. The van der Waals surface area contributed by atoms with Gasteiger partial charge in [-0.3, -0.25) is 0 Å². The van der Waals surface area contributed by atoms with Crippen molar-refractivity contribution in [1.82, 2.24) is 0 Å². The van der Waals surface area contributed by atoms with Gasteiger partial charge in [0.15, 0.2) is 0 Å². The van der Waals surface area contributed by atoms with E-state index in [0.717, 1.165) is 130 Å². The van der Waals surface area contributed by atoms with Gasteiger partial charge in [0.2, 0.25) is 0 Å². The molecule has 0 aromatic heterocycles. The molecule has 528 valence electrons. The Kier molecular flexibility index (Phi) is 46.0. The van der Waals surface area contributed by atoms with E-state index in [1.54, 1.807) is 0 Å². The Morgan fingerprint density at radius 2 is 0.323 bits per heavy atom. The van der Waals surface area contributed by atoms with Crippen LogP contribution in [0, 0.1) is 20.8 Å². The number of phenolic OH excluding ortho intramolecular Hbond substituents is 3. The van der Waals surface area contributed by atoms with Crippen LogP contribution in [0.5, 0.6) is 17.2 Å².